The van der Waals surface area contributed by atoms with Gasteiger partial charge in [-0.05, 0) is 6.42 Å². The molecule has 0 saturated carbocycles. The van der Waals surface area contributed by atoms with E-state index < -0.39 is 16.1 Å². The summed E-state index contributed by atoms with van der Waals surface area (Å²) in [4.78, 5) is 15.1. The maximum atomic E-state index is 11.4. The Morgan fingerprint density at radius 3 is 2.76 bits per heavy atom. The average molecular weight is 302 g/mol. The number of alkyl halides is 3. The maximum absolute atomic E-state index is 11.4. The quantitative estimate of drug-likeness (QED) is 0.866. The van der Waals surface area contributed by atoms with Gasteiger partial charge in [-0.15, -0.1) is 0 Å². The Bertz CT molecular complexity index is 352. The standard InChI is InChI=1S/C8H11Cl3N4O2/c1-2-3-13-7(16)17-6(8(9,10)11)15-5-12-4-14-15/h4-6H,2-3H2,1H3,(H,13,16). The number of rotatable bonds is 4. The summed E-state index contributed by atoms with van der Waals surface area (Å²) in [5, 5.41) is 6.26. The van der Waals surface area contributed by atoms with E-state index in [1.165, 1.54) is 12.7 Å². The number of hydrogen-bond acceptors (Lipinski definition) is 4. The van der Waals surface area contributed by atoms with Crippen LogP contribution in [0.5, 0.6) is 0 Å². The first kappa shape index (κ1) is 14.3. The molecule has 0 radical (unpaired) electrons. The minimum absolute atomic E-state index is 0.475. The molecule has 6 nitrogen and oxygen atoms in total. The summed E-state index contributed by atoms with van der Waals surface area (Å²) in [7, 11) is 0. The van der Waals surface area contributed by atoms with Gasteiger partial charge in [-0.25, -0.2) is 14.5 Å². The number of alkyl carbamates (subject to hydrolysis) is 1. The van der Waals surface area contributed by atoms with Crippen LogP contribution in [0, 0.1) is 0 Å². The molecule has 1 amide bonds. The van der Waals surface area contributed by atoms with Crippen molar-refractivity contribution >= 4 is 40.9 Å². The normalized spacial score (nSPS) is 13.2. The molecule has 1 aromatic heterocycles. The van der Waals surface area contributed by atoms with Crippen molar-refractivity contribution in [2.75, 3.05) is 6.54 Å². The highest BCUT2D eigenvalue weighted by atomic mass is 35.6. The fourth-order valence-electron chi connectivity index (χ4n) is 0.979. The molecule has 1 atom stereocenters. The molecule has 96 valence electrons. The Morgan fingerprint density at radius 2 is 2.29 bits per heavy atom. The van der Waals surface area contributed by atoms with Gasteiger partial charge >= 0.3 is 6.09 Å². The Hall–Kier alpha value is -0.720. The number of nitrogens with zero attached hydrogens (tertiary/aromatic N) is 3. The van der Waals surface area contributed by atoms with E-state index in [1.54, 1.807) is 0 Å². The van der Waals surface area contributed by atoms with Crippen LogP contribution in [-0.2, 0) is 4.74 Å². The Morgan fingerprint density at radius 1 is 1.59 bits per heavy atom. The molecule has 1 heterocycles. The van der Waals surface area contributed by atoms with Gasteiger partial charge in [0.15, 0.2) is 0 Å². The van der Waals surface area contributed by atoms with E-state index in [0.29, 0.717) is 6.54 Å². The van der Waals surface area contributed by atoms with E-state index in [-0.39, 0.29) is 0 Å². The molecule has 0 aliphatic carbocycles. The average Bonchev–Trinajstić information content (AvgIpc) is 2.74. The molecule has 0 fully saturated rings. The largest absolute Gasteiger partial charge is 0.419 e. The third-order valence-corrected chi connectivity index (χ3v) is 2.25. The molecule has 1 aromatic rings. The van der Waals surface area contributed by atoms with Crippen LogP contribution in [0.25, 0.3) is 0 Å². The van der Waals surface area contributed by atoms with Gasteiger partial charge in [-0.1, -0.05) is 41.7 Å². The lowest BCUT2D eigenvalue weighted by molar-refractivity contribution is 0.0497. The molecule has 9 heteroatoms. The predicted octanol–water partition coefficient (Wildman–Crippen LogP) is 2.28. The van der Waals surface area contributed by atoms with Crippen molar-refractivity contribution in [1.29, 1.82) is 0 Å². The minimum Gasteiger partial charge on any atom is -0.419 e. The van der Waals surface area contributed by atoms with Gasteiger partial charge in [-0.3, -0.25) is 0 Å². The molecule has 0 bridgehead atoms. The van der Waals surface area contributed by atoms with Gasteiger partial charge in [0, 0.05) is 6.54 Å². The van der Waals surface area contributed by atoms with Crippen LogP contribution >= 0.6 is 34.8 Å². The molecule has 0 spiro atoms. The molecule has 0 aromatic carbocycles. The Balaban J connectivity index is 2.69. The van der Waals surface area contributed by atoms with Gasteiger partial charge in [0.1, 0.15) is 12.7 Å². The fourth-order valence-corrected chi connectivity index (χ4v) is 1.41. The summed E-state index contributed by atoms with van der Waals surface area (Å²) in [5.74, 6) is 0. The van der Waals surface area contributed by atoms with Crippen LogP contribution in [0.1, 0.15) is 19.6 Å². The van der Waals surface area contributed by atoms with Gasteiger partial charge in [0.25, 0.3) is 0 Å². The highest BCUT2D eigenvalue weighted by molar-refractivity contribution is 6.67. The molecule has 0 saturated heterocycles. The maximum Gasteiger partial charge on any atom is 0.409 e. The van der Waals surface area contributed by atoms with Crippen LogP contribution in [0.15, 0.2) is 12.7 Å². The lowest BCUT2D eigenvalue weighted by Gasteiger charge is -2.23. The number of halogens is 3. The second-order valence-corrected chi connectivity index (χ2v) is 5.47. The van der Waals surface area contributed by atoms with Crippen molar-refractivity contribution in [2.24, 2.45) is 0 Å². The summed E-state index contributed by atoms with van der Waals surface area (Å²) >= 11 is 17.1. The first-order valence-electron chi connectivity index (χ1n) is 4.80. The molecule has 1 unspecified atom stereocenters. The van der Waals surface area contributed by atoms with Crippen molar-refractivity contribution in [1.82, 2.24) is 20.1 Å². The molecule has 1 N–H and O–H groups in total. The number of carbonyl (C=O) groups is 1. The SMILES string of the molecule is CCCNC(=O)OC(n1cncn1)C(Cl)(Cl)Cl. The molecule has 17 heavy (non-hydrogen) atoms. The smallest absolute Gasteiger partial charge is 0.409 e. The number of aromatic nitrogens is 3. The van der Waals surface area contributed by atoms with Crippen molar-refractivity contribution in [3.63, 3.8) is 0 Å². The second kappa shape index (κ2) is 6.28. The van der Waals surface area contributed by atoms with Crippen LogP contribution < -0.4 is 5.32 Å². The number of hydrogen-bond donors (Lipinski definition) is 1. The summed E-state index contributed by atoms with van der Waals surface area (Å²) in [6.45, 7) is 2.38. The number of carbonyl (C=O) groups excluding carboxylic acids is 1. The molecule has 1 rings (SSSR count). The van der Waals surface area contributed by atoms with Gasteiger partial charge in [0.05, 0.1) is 0 Å². The monoisotopic (exact) mass is 300 g/mol. The van der Waals surface area contributed by atoms with E-state index >= 15 is 0 Å². The van der Waals surface area contributed by atoms with E-state index in [9.17, 15) is 4.79 Å². The van der Waals surface area contributed by atoms with Gasteiger partial charge in [-0.2, -0.15) is 5.10 Å². The zero-order valence-electron chi connectivity index (χ0n) is 8.94. The van der Waals surface area contributed by atoms with Gasteiger partial charge < -0.3 is 10.1 Å². The van der Waals surface area contributed by atoms with Crippen LogP contribution in [0.3, 0.4) is 0 Å². The predicted molar refractivity (Wildman–Crippen MR) is 64.1 cm³/mol. The zero-order valence-corrected chi connectivity index (χ0v) is 11.2. The van der Waals surface area contributed by atoms with E-state index in [4.69, 9.17) is 39.5 Å². The highest BCUT2D eigenvalue weighted by Crippen LogP contribution is 2.38. The van der Waals surface area contributed by atoms with Crippen LogP contribution in [-0.4, -0.2) is 31.2 Å². The second-order valence-electron chi connectivity index (χ2n) is 3.10. The van der Waals surface area contributed by atoms with Gasteiger partial charge in [0.2, 0.25) is 10.0 Å². The third-order valence-electron chi connectivity index (χ3n) is 1.69. The number of nitrogens with one attached hydrogen (secondary N) is 1. The highest BCUT2D eigenvalue weighted by Gasteiger charge is 2.38. The lowest BCUT2D eigenvalue weighted by Crippen LogP contribution is -2.34. The van der Waals surface area contributed by atoms with E-state index in [2.05, 4.69) is 15.4 Å². The first-order valence-corrected chi connectivity index (χ1v) is 5.94. The lowest BCUT2D eigenvalue weighted by atomic mass is 10.5. The van der Waals surface area contributed by atoms with Crippen LogP contribution in [0.4, 0.5) is 4.79 Å². The topological polar surface area (TPSA) is 69.0 Å². The van der Waals surface area contributed by atoms with Crippen molar-refractivity contribution in [3.05, 3.63) is 12.7 Å². The molecular weight excluding hydrogens is 290 g/mol. The molecule has 0 aliphatic heterocycles. The molecular formula is C8H11Cl3N4O2. The summed E-state index contributed by atoms with van der Waals surface area (Å²) in [5.41, 5.74) is 0. The summed E-state index contributed by atoms with van der Waals surface area (Å²) < 4.78 is 4.29. The first-order chi connectivity index (χ1) is 7.95. The minimum atomic E-state index is -1.84. The van der Waals surface area contributed by atoms with Crippen molar-refractivity contribution in [3.8, 4) is 0 Å². The van der Waals surface area contributed by atoms with Crippen molar-refractivity contribution < 1.29 is 9.53 Å². The summed E-state index contributed by atoms with van der Waals surface area (Å²) in [6, 6.07) is 0. The van der Waals surface area contributed by atoms with E-state index in [0.717, 1.165) is 11.1 Å². The Kier molecular flexibility index (Phi) is 5.30. The Labute approximate surface area is 113 Å². The number of ether oxygens (including phenoxy) is 1. The zero-order chi connectivity index (χ0) is 12.9. The van der Waals surface area contributed by atoms with Crippen LogP contribution in [0.2, 0.25) is 0 Å². The fraction of sp³-hybridized carbons (Fsp3) is 0.625. The molecule has 0 aliphatic rings. The van der Waals surface area contributed by atoms with Crippen molar-refractivity contribution in [2.45, 2.75) is 23.4 Å². The number of amides is 1. The third kappa shape index (κ3) is 4.57. The summed E-state index contributed by atoms with van der Waals surface area (Å²) in [6.07, 6.45) is 1.46. The van der Waals surface area contributed by atoms with E-state index in [1.807, 2.05) is 6.92 Å².